The van der Waals surface area contributed by atoms with Crippen LogP contribution in [0.15, 0.2) is 54.6 Å². The van der Waals surface area contributed by atoms with Crippen LogP contribution in [0.25, 0.3) is 21.9 Å². The molecule has 1 radical (unpaired) electrons. The second-order valence-electron chi connectivity index (χ2n) is 5.24. The molecule has 3 aromatic carbocycles. The Morgan fingerprint density at radius 2 is 1.79 bits per heavy atom. The lowest BCUT2D eigenvalue weighted by Crippen LogP contribution is -1.89. The zero-order valence-electron chi connectivity index (χ0n) is 10.8. The van der Waals surface area contributed by atoms with Crippen molar-refractivity contribution in [3.63, 3.8) is 0 Å². The highest BCUT2D eigenvalue weighted by atomic mass is 14.2. The molecule has 3 aromatic rings. The molecule has 0 aromatic heterocycles. The van der Waals surface area contributed by atoms with Gasteiger partial charge in [-0.1, -0.05) is 54.6 Å². The van der Waals surface area contributed by atoms with Crippen LogP contribution < -0.4 is 0 Å². The summed E-state index contributed by atoms with van der Waals surface area (Å²) in [4.78, 5) is 0. The standard InChI is InChI=1S/C19H15/c1-2-10-16-14(6-1)8-4-12-18(16)19-13-5-9-15-7-3-11-17(15)19/h1-2,4-6,8-10,13H,3,7,11H2. The van der Waals surface area contributed by atoms with E-state index in [9.17, 15) is 0 Å². The lowest BCUT2D eigenvalue weighted by molar-refractivity contribution is 0.912. The van der Waals surface area contributed by atoms with Gasteiger partial charge < -0.3 is 0 Å². The molecule has 0 aliphatic heterocycles. The van der Waals surface area contributed by atoms with Gasteiger partial charge >= 0.3 is 0 Å². The number of rotatable bonds is 1. The van der Waals surface area contributed by atoms with Crippen LogP contribution in [0.5, 0.6) is 0 Å². The van der Waals surface area contributed by atoms with Crippen LogP contribution in [0, 0.1) is 6.07 Å². The Balaban J connectivity index is 2.04. The van der Waals surface area contributed by atoms with E-state index in [0.29, 0.717) is 0 Å². The van der Waals surface area contributed by atoms with Crippen LogP contribution in [0.2, 0.25) is 0 Å². The SMILES string of the molecule is [c]1ccc2ccccc2c1-c1cccc2c1CCC2. The third-order valence-electron chi connectivity index (χ3n) is 4.14. The first-order valence-corrected chi connectivity index (χ1v) is 6.94. The number of hydrogen-bond donors (Lipinski definition) is 0. The largest absolute Gasteiger partial charge is 0.0616 e. The molecule has 19 heavy (non-hydrogen) atoms. The van der Waals surface area contributed by atoms with Crippen LogP contribution >= 0.6 is 0 Å². The average Bonchev–Trinajstić information content (AvgIpc) is 2.95. The Morgan fingerprint density at radius 1 is 0.842 bits per heavy atom. The first-order chi connectivity index (χ1) is 9.43. The Kier molecular flexibility index (Phi) is 2.41. The lowest BCUT2D eigenvalue weighted by atomic mass is 9.93. The van der Waals surface area contributed by atoms with E-state index in [0.717, 1.165) is 0 Å². The van der Waals surface area contributed by atoms with E-state index < -0.39 is 0 Å². The van der Waals surface area contributed by atoms with Gasteiger partial charge in [0, 0.05) is 0 Å². The predicted molar refractivity (Wildman–Crippen MR) is 80.2 cm³/mol. The van der Waals surface area contributed by atoms with Crippen molar-refractivity contribution in [1.29, 1.82) is 0 Å². The normalized spacial score (nSPS) is 13.7. The van der Waals surface area contributed by atoms with Gasteiger partial charge in [0.05, 0.1) is 0 Å². The number of benzene rings is 3. The maximum Gasteiger partial charge on any atom is -0.00237 e. The van der Waals surface area contributed by atoms with Gasteiger partial charge in [-0.25, -0.2) is 0 Å². The first-order valence-electron chi connectivity index (χ1n) is 6.94. The fraction of sp³-hybridized carbons (Fsp3) is 0.158. The molecule has 0 heteroatoms. The third kappa shape index (κ3) is 1.67. The minimum absolute atomic E-state index is 1.21. The maximum atomic E-state index is 3.46. The Bertz CT molecular complexity index is 748. The summed E-state index contributed by atoms with van der Waals surface area (Å²) in [6, 6.07) is 23.0. The van der Waals surface area contributed by atoms with Crippen LogP contribution in [0.3, 0.4) is 0 Å². The number of fused-ring (bicyclic) bond motifs is 2. The molecule has 0 atom stereocenters. The summed E-state index contributed by atoms with van der Waals surface area (Å²) in [5, 5.41) is 2.61. The van der Waals surface area contributed by atoms with Crippen molar-refractivity contribution in [2.75, 3.05) is 0 Å². The second kappa shape index (κ2) is 4.24. The highest BCUT2D eigenvalue weighted by Crippen LogP contribution is 2.35. The lowest BCUT2D eigenvalue weighted by Gasteiger charge is -2.11. The zero-order valence-corrected chi connectivity index (χ0v) is 10.8. The summed E-state index contributed by atoms with van der Waals surface area (Å²) < 4.78 is 0. The molecule has 4 rings (SSSR count). The number of hydrogen-bond acceptors (Lipinski definition) is 0. The van der Waals surface area contributed by atoms with Crippen molar-refractivity contribution in [2.24, 2.45) is 0 Å². The quantitative estimate of drug-likeness (QED) is 0.576. The molecular weight excluding hydrogens is 228 g/mol. The van der Waals surface area contributed by atoms with Gasteiger partial charge in [-0.2, -0.15) is 0 Å². The van der Waals surface area contributed by atoms with Crippen LogP contribution in [-0.4, -0.2) is 0 Å². The molecule has 0 N–H and O–H groups in total. The molecule has 0 saturated carbocycles. The van der Waals surface area contributed by atoms with E-state index in [1.165, 1.54) is 52.3 Å². The second-order valence-corrected chi connectivity index (χ2v) is 5.24. The van der Waals surface area contributed by atoms with Crippen LogP contribution in [0.4, 0.5) is 0 Å². The van der Waals surface area contributed by atoms with Crippen molar-refractivity contribution in [3.8, 4) is 11.1 Å². The Morgan fingerprint density at radius 3 is 2.79 bits per heavy atom. The highest BCUT2D eigenvalue weighted by molar-refractivity contribution is 5.97. The molecule has 0 unspecified atom stereocenters. The molecular formula is C19H15. The zero-order chi connectivity index (χ0) is 12.7. The van der Waals surface area contributed by atoms with E-state index >= 15 is 0 Å². The van der Waals surface area contributed by atoms with Crippen LogP contribution in [0.1, 0.15) is 17.5 Å². The molecule has 1 aliphatic rings. The first kappa shape index (κ1) is 10.8. The summed E-state index contributed by atoms with van der Waals surface area (Å²) in [6.45, 7) is 0. The highest BCUT2D eigenvalue weighted by Gasteiger charge is 2.16. The molecule has 1 aliphatic carbocycles. The van der Waals surface area contributed by atoms with Crippen molar-refractivity contribution in [2.45, 2.75) is 19.3 Å². The summed E-state index contributed by atoms with van der Waals surface area (Å²) in [5.74, 6) is 0. The average molecular weight is 243 g/mol. The summed E-state index contributed by atoms with van der Waals surface area (Å²) >= 11 is 0. The molecule has 0 saturated heterocycles. The van der Waals surface area contributed by atoms with Crippen molar-refractivity contribution in [3.05, 3.63) is 71.8 Å². The van der Waals surface area contributed by atoms with E-state index in [1.54, 1.807) is 0 Å². The van der Waals surface area contributed by atoms with E-state index in [4.69, 9.17) is 0 Å². The van der Waals surface area contributed by atoms with Gasteiger partial charge in [0.1, 0.15) is 0 Å². The molecule has 0 nitrogen and oxygen atoms in total. The van der Waals surface area contributed by atoms with Gasteiger partial charge in [0.25, 0.3) is 0 Å². The summed E-state index contributed by atoms with van der Waals surface area (Å²) in [5.41, 5.74) is 5.71. The predicted octanol–water partition coefficient (Wildman–Crippen LogP) is 4.80. The van der Waals surface area contributed by atoms with Crippen molar-refractivity contribution < 1.29 is 0 Å². The van der Waals surface area contributed by atoms with Gasteiger partial charge in [-0.05, 0) is 58.4 Å². The van der Waals surface area contributed by atoms with E-state index in [1.807, 2.05) is 6.07 Å². The van der Waals surface area contributed by atoms with Crippen molar-refractivity contribution in [1.82, 2.24) is 0 Å². The molecule has 0 heterocycles. The smallest absolute Gasteiger partial charge is 0.00237 e. The van der Waals surface area contributed by atoms with E-state index in [2.05, 4.69) is 54.6 Å². The summed E-state index contributed by atoms with van der Waals surface area (Å²) in [7, 11) is 0. The summed E-state index contributed by atoms with van der Waals surface area (Å²) in [6.07, 6.45) is 3.73. The van der Waals surface area contributed by atoms with Crippen molar-refractivity contribution >= 4 is 10.8 Å². The minimum Gasteiger partial charge on any atom is -0.0616 e. The van der Waals surface area contributed by atoms with Crippen LogP contribution in [-0.2, 0) is 12.8 Å². The minimum atomic E-state index is 1.21. The van der Waals surface area contributed by atoms with Gasteiger partial charge in [0.15, 0.2) is 0 Å². The van der Waals surface area contributed by atoms with Gasteiger partial charge in [-0.3, -0.25) is 0 Å². The third-order valence-corrected chi connectivity index (χ3v) is 4.14. The fourth-order valence-electron chi connectivity index (χ4n) is 3.24. The number of aryl methyl sites for hydroxylation is 1. The van der Waals surface area contributed by atoms with E-state index in [-0.39, 0.29) is 0 Å². The topological polar surface area (TPSA) is 0 Å². The Labute approximate surface area is 113 Å². The molecule has 0 bridgehead atoms. The maximum absolute atomic E-state index is 3.46. The van der Waals surface area contributed by atoms with Gasteiger partial charge in [-0.15, -0.1) is 0 Å². The molecule has 0 spiro atoms. The molecule has 91 valence electrons. The monoisotopic (exact) mass is 243 g/mol. The Hall–Kier alpha value is -2.08. The van der Waals surface area contributed by atoms with Gasteiger partial charge in [0.2, 0.25) is 0 Å². The molecule has 0 amide bonds. The fourth-order valence-corrected chi connectivity index (χ4v) is 3.24. The molecule has 0 fully saturated rings.